The molecule has 0 aliphatic rings. The van der Waals surface area contributed by atoms with E-state index in [0.29, 0.717) is 36.9 Å². The van der Waals surface area contributed by atoms with E-state index in [2.05, 4.69) is 0 Å². The normalized spacial score (nSPS) is 15.9. The van der Waals surface area contributed by atoms with E-state index in [4.69, 9.17) is 37.1 Å². The quantitative estimate of drug-likeness (QED) is 0.335. The largest absolute Gasteiger partial charge is 0.398 e. The molecule has 4 N–H and O–H groups in total. The molecule has 2 unspecified atom stereocenters. The molecule has 0 aliphatic carbocycles. The van der Waals surface area contributed by atoms with Crippen LogP contribution in [0.15, 0.2) is 18.2 Å². The molecule has 1 aromatic rings. The van der Waals surface area contributed by atoms with Gasteiger partial charge >= 0.3 is 8.69 Å². The molecule has 0 saturated carbocycles. The molecule has 0 saturated heterocycles. The maximum absolute atomic E-state index is 11.3. The summed E-state index contributed by atoms with van der Waals surface area (Å²) >= 11 is 6.00. The minimum atomic E-state index is -1.08. The lowest BCUT2D eigenvalue weighted by Gasteiger charge is -2.44. The van der Waals surface area contributed by atoms with Gasteiger partial charge in [-0.3, -0.25) is 4.52 Å². The van der Waals surface area contributed by atoms with Crippen molar-refractivity contribution in [3.63, 3.8) is 0 Å². The highest BCUT2D eigenvalue weighted by Crippen LogP contribution is 2.41. The predicted molar refractivity (Wildman–Crippen MR) is 101 cm³/mol. The van der Waals surface area contributed by atoms with Crippen molar-refractivity contribution in [2.75, 3.05) is 25.5 Å². The van der Waals surface area contributed by atoms with Crippen molar-refractivity contribution in [1.82, 2.24) is 0 Å². The van der Waals surface area contributed by atoms with E-state index in [0.717, 1.165) is 5.56 Å². The molecule has 1 aromatic carbocycles. The van der Waals surface area contributed by atoms with Crippen molar-refractivity contribution in [1.29, 1.82) is 0 Å². The van der Waals surface area contributed by atoms with Crippen molar-refractivity contribution >= 4 is 26.0 Å². The van der Waals surface area contributed by atoms with Crippen LogP contribution < -0.4 is 11.5 Å². The maximum Gasteiger partial charge on any atom is 0.328 e. The molecule has 142 valence electrons. The number of nitrogen functional groups attached to an aromatic ring is 1. The molecule has 0 spiro atoms. The van der Waals surface area contributed by atoms with Crippen molar-refractivity contribution < 1.29 is 18.6 Å². The molecule has 6 nitrogen and oxygen atoms in total. The number of anilines is 1. The summed E-state index contributed by atoms with van der Waals surface area (Å²) in [5.41, 5.74) is 12.3. The van der Waals surface area contributed by atoms with Crippen molar-refractivity contribution in [2.24, 2.45) is 5.73 Å². The van der Waals surface area contributed by atoms with Gasteiger partial charge in [-0.25, -0.2) is 4.57 Å². The summed E-state index contributed by atoms with van der Waals surface area (Å²) in [7, 11) is -0.453. The lowest BCUT2D eigenvalue weighted by Crippen LogP contribution is -2.55. The van der Waals surface area contributed by atoms with Gasteiger partial charge in [0, 0.05) is 13.2 Å². The van der Waals surface area contributed by atoms with Crippen LogP contribution >= 0.6 is 20.3 Å². The van der Waals surface area contributed by atoms with Gasteiger partial charge in [-0.05, 0) is 64.3 Å². The molecule has 0 aromatic heterocycles. The molecular weight excluding hydrogens is 363 g/mol. The number of hydrogen-bond acceptors (Lipinski definition) is 6. The van der Waals surface area contributed by atoms with Gasteiger partial charge < -0.3 is 20.9 Å². The highest BCUT2D eigenvalue weighted by atomic mass is 35.5. The van der Waals surface area contributed by atoms with Gasteiger partial charge in [0.05, 0.1) is 10.7 Å². The third kappa shape index (κ3) is 5.36. The van der Waals surface area contributed by atoms with Gasteiger partial charge in [0.25, 0.3) is 0 Å². The van der Waals surface area contributed by atoms with Crippen LogP contribution in [0.25, 0.3) is 0 Å². The molecule has 8 heteroatoms. The molecular formula is C17H28ClN2O4P. The first-order chi connectivity index (χ1) is 11.8. The van der Waals surface area contributed by atoms with Crippen molar-refractivity contribution in [3.05, 3.63) is 28.8 Å². The number of ether oxygens (including phenoxy) is 2. The fourth-order valence-corrected chi connectivity index (χ4v) is 3.43. The van der Waals surface area contributed by atoms with E-state index in [1.807, 2.05) is 26.8 Å². The zero-order chi connectivity index (χ0) is 19.1. The Morgan fingerprint density at radius 3 is 2.28 bits per heavy atom. The highest BCUT2D eigenvalue weighted by Gasteiger charge is 2.49. The second kappa shape index (κ2) is 9.81. The third-order valence-corrected chi connectivity index (χ3v) is 5.27. The zero-order valence-electron chi connectivity index (χ0n) is 15.3. The topological polar surface area (TPSA) is 96.8 Å². The number of hydrogen-bond donors (Lipinski definition) is 2. The van der Waals surface area contributed by atoms with Crippen LogP contribution in [0.4, 0.5) is 5.69 Å². The van der Waals surface area contributed by atoms with Crippen LogP contribution in [0.5, 0.6) is 0 Å². The standard InChI is InChI=1S/C17H28ClN2O4P/c1-5-22-17(4,23-6-2)16(3,24-25-21)10-13(11-19)12-7-8-14(18)15(20)9-12/h7-9,13H,5-6,10-11,19-20H2,1-4H3. The monoisotopic (exact) mass is 390 g/mol. The van der Waals surface area contributed by atoms with Gasteiger partial charge in [-0.2, -0.15) is 0 Å². The first-order valence-electron chi connectivity index (χ1n) is 8.30. The van der Waals surface area contributed by atoms with Crippen molar-refractivity contribution in [3.8, 4) is 0 Å². The van der Waals surface area contributed by atoms with E-state index >= 15 is 0 Å². The maximum atomic E-state index is 11.3. The third-order valence-electron chi connectivity index (χ3n) is 4.45. The Labute approximate surface area is 156 Å². The summed E-state index contributed by atoms with van der Waals surface area (Å²) in [6.07, 6.45) is 0.427. The number of benzene rings is 1. The molecule has 0 aliphatic heterocycles. The van der Waals surface area contributed by atoms with Gasteiger partial charge in [0.15, 0.2) is 5.79 Å². The molecule has 0 fully saturated rings. The minimum absolute atomic E-state index is 0.105. The second-order valence-corrected chi connectivity index (χ2v) is 6.86. The second-order valence-electron chi connectivity index (χ2n) is 6.13. The van der Waals surface area contributed by atoms with Crippen molar-refractivity contribution in [2.45, 2.75) is 51.4 Å². The van der Waals surface area contributed by atoms with Crippen LogP contribution in [0.1, 0.15) is 45.6 Å². The Balaban J connectivity index is 3.22. The number of nitrogens with two attached hydrogens (primary N) is 2. The average molecular weight is 391 g/mol. The first-order valence-corrected chi connectivity index (χ1v) is 9.41. The minimum Gasteiger partial charge on any atom is -0.398 e. The summed E-state index contributed by atoms with van der Waals surface area (Å²) in [6.45, 7) is 8.53. The van der Waals surface area contributed by atoms with E-state index in [1.165, 1.54) is 0 Å². The number of halogens is 1. The lowest BCUT2D eigenvalue weighted by molar-refractivity contribution is -0.297. The lowest BCUT2D eigenvalue weighted by atomic mass is 9.82. The zero-order valence-corrected chi connectivity index (χ0v) is 16.9. The average Bonchev–Trinajstić information content (AvgIpc) is 2.56. The summed E-state index contributed by atoms with van der Waals surface area (Å²) in [5, 5.41) is 0.491. The van der Waals surface area contributed by atoms with Crippen LogP contribution in [0.3, 0.4) is 0 Å². The molecule has 0 heterocycles. The Morgan fingerprint density at radius 1 is 1.24 bits per heavy atom. The number of rotatable bonds is 11. The Kier molecular flexibility index (Phi) is 8.75. The van der Waals surface area contributed by atoms with Crippen LogP contribution in [-0.4, -0.2) is 31.1 Å². The van der Waals surface area contributed by atoms with Gasteiger partial charge in [0.2, 0.25) is 0 Å². The molecule has 0 bridgehead atoms. The molecule has 1 rings (SSSR count). The van der Waals surface area contributed by atoms with Gasteiger partial charge in [0.1, 0.15) is 5.60 Å². The van der Waals surface area contributed by atoms with Crippen LogP contribution in [0.2, 0.25) is 5.02 Å². The summed E-state index contributed by atoms with van der Waals surface area (Å²) in [5.74, 6) is -1.19. The fourth-order valence-electron chi connectivity index (χ4n) is 2.91. The molecule has 0 radical (unpaired) electrons. The Morgan fingerprint density at radius 2 is 1.84 bits per heavy atom. The van der Waals surface area contributed by atoms with E-state index < -0.39 is 20.1 Å². The van der Waals surface area contributed by atoms with E-state index in [-0.39, 0.29) is 5.92 Å². The predicted octanol–water partition coefficient (Wildman–Crippen LogP) is 4.13. The summed E-state index contributed by atoms with van der Waals surface area (Å²) in [6, 6.07) is 5.42. The SMILES string of the molecule is CCOC(C)(OCC)C(C)(CC(CN)c1ccc(Cl)c(N)c1)OP=O. The Hall–Kier alpha value is -0.750. The summed E-state index contributed by atoms with van der Waals surface area (Å²) in [4.78, 5) is 0. The highest BCUT2D eigenvalue weighted by molar-refractivity contribution is 7.17. The summed E-state index contributed by atoms with van der Waals surface area (Å²) < 4.78 is 28.5. The molecule has 25 heavy (non-hydrogen) atoms. The molecule has 2 atom stereocenters. The molecule has 0 amide bonds. The Bertz CT molecular complexity index is 570. The van der Waals surface area contributed by atoms with Crippen LogP contribution in [0, 0.1) is 0 Å². The first kappa shape index (κ1) is 22.3. The van der Waals surface area contributed by atoms with Gasteiger partial charge in [-0.1, -0.05) is 17.7 Å². The van der Waals surface area contributed by atoms with E-state index in [9.17, 15) is 4.57 Å². The van der Waals surface area contributed by atoms with Gasteiger partial charge in [-0.15, -0.1) is 0 Å². The van der Waals surface area contributed by atoms with Crippen LogP contribution in [-0.2, 0) is 18.6 Å². The van der Waals surface area contributed by atoms with E-state index in [1.54, 1.807) is 19.1 Å². The fraction of sp³-hybridized carbons (Fsp3) is 0.647. The smallest absolute Gasteiger partial charge is 0.328 e.